The Balaban J connectivity index is 0.00000400. The molecular weight excluding hydrogens is 371 g/mol. The average molecular weight is 391 g/mol. The zero-order valence-corrected chi connectivity index (χ0v) is 14.2. The van der Waals surface area contributed by atoms with E-state index < -0.39 is 23.9 Å². The highest BCUT2D eigenvalue weighted by molar-refractivity contribution is 9.10. The van der Waals surface area contributed by atoms with Crippen LogP contribution in [0.15, 0.2) is 22.7 Å². The Hall–Kier alpha value is -0.300. The van der Waals surface area contributed by atoms with Crippen molar-refractivity contribution in [3.63, 3.8) is 0 Å². The highest BCUT2D eigenvalue weighted by Crippen LogP contribution is 2.34. The van der Waals surface area contributed by atoms with Crippen molar-refractivity contribution in [1.29, 1.82) is 0 Å². The molecule has 2 atom stereocenters. The van der Waals surface area contributed by atoms with Gasteiger partial charge in [-0.3, -0.25) is 0 Å². The van der Waals surface area contributed by atoms with Crippen LogP contribution in [0.3, 0.4) is 0 Å². The maximum atomic E-state index is 12.7. The molecule has 0 aliphatic heterocycles. The van der Waals surface area contributed by atoms with E-state index in [0.29, 0.717) is 16.8 Å². The lowest BCUT2D eigenvalue weighted by Gasteiger charge is -2.22. The first-order chi connectivity index (χ1) is 9.12. The highest BCUT2D eigenvalue weighted by Gasteiger charge is 2.32. The third-order valence-corrected chi connectivity index (χ3v) is 3.86. The first kappa shape index (κ1) is 20.7. The number of aliphatic hydroxyl groups is 1. The van der Waals surface area contributed by atoms with Crippen LogP contribution in [0.1, 0.15) is 43.9 Å². The van der Waals surface area contributed by atoms with Gasteiger partial charge in [-0.25, -0.2) is 0 Å². The lowest BCUT2D eigenvalue weighted by Crippen LogP contribution is -2.27. The number of rotatable bonds is 5. The summed E-state index contributed by atoms with van der Waals surface area (Å²) in [5.41, 5.74) is 5.40. The van der Waals surface area contributed by atoms with Crippen molar-refractivity contribution in [2.24, 2.45) is 11.7 Å². The van der Waals surface area contributed by atoms with E-state index in [1.807, 2.05) is 13.8 Å². The minimum atomic E-state index is -4.42. The summed E-state index contributed by atoms with van der Waals surface area (Å²) in [5.74, 6) is 0.404. The van der Waals surface area contributed by atoms with Gasteiger partial charge >= 0.3 is 6.18 Å². The summed E-state index contributed by atoms with van der Waals surface area (Å²) in [7, 11) is 0. The van der Waals surface area contributed by atoms with E-state index >= 15 is 0 Å². The van der Waals surface area contributed by atoms with Crippen LogP contribution in [0.25, 0.3) is 0 Å². The van der Waals surface area contributed by atoms with Crippen molar-refractivity contribution in [2.75, 3.05) is 0 Å². The van der Waals surface area contributed by atoms with Crippen LogP contribution >= 0.6 is 28.3 Å². The fraction of sp³-hybridized carbons (Fsp3) is 0.571. The minimum Gasteiger partial charge on any atom is -0.391 e. The molecular formula is C14H20BrClF3NO. The summed E-state index contributed by atoms with van der Waals surface area (Å²) in [6, 6.07) is 2.45. The van der Waals surface area contributed by atoms with E-state index in [1.165, 1.54) is 6.07 Å². The molecule has 1 aromatic rings. The Kier molecular flexibility index (Phi) is 8.24. The summed E-state index contributed by atoms with van der Waals surface area (Å²) in [6.07, 6.45) is -4.05. The molecule has 122 valence electrons. The Morgan fingerprint density at radius 2 is 1.81 bits per heavy atom. The van der Waals surface area contributed by atoms with Crippen LogP contribution < -0.4 is 5.73 Å². The quantitative estimate of drug-likeness (QED) is 0.766. The molecule has 7 heteroatoms. The van der Waals surface area contributed by atoms with E-state index in [4.69, 9.17) is 5.73 Å². The summed E-state index contributed by atoms with van der Waals surface area (Å²) < 4.78 is 38.6. The van der Waals surface area contributed by atoms with Gasteiger partial charge in [0.15, 0.2) is 0 Å². The zero-order chi connectivity index (χ0) is 15.5. The summed E-state index contributed by atoms with van der Waals surface area (Å²) in [5, 5.41) is 10.0. The molecule has 1 rings (SSSR count). The second kappa shape index (κ2) is 8.36. The van der Waals surface area contributed by atoms with Gasteiger partial charge in [0, 0.05) is 4.47 Å². The van der Waals surface area contributed by atoms with Gasteiger partial charge in [-0.2, -0.15) is 13.2 Å². The van der Waals surface area contributed by atoms with Crippen molar-refractivity contribution in [2.45, 2.75) is 45.0 Å². The van der Waals surface area contributed by atoms with E-state index in [-0.39, 0.29) is 18.0 Å². The zero-order valence-electron chi connectivity index (χ0n) is 11.8. The second-order valence-corrected chi connectivity index (χ2v) is 6.15. The molecule has 0 spiro atoms. The smallest absolute Gasteiger partial charge is 0.391 e. The molecule has 1 aromatic carbocycles. The maximum absolute atomic E-state index is 12.7. The monoisotopic (exact) mass is 389 g/mol. The molecule has 0 bridgehead atoms. The Morgan fingerprint density at radius 1 is 1.24 bits per heavy atom. The standard InChI is InChI=1S/C14H19BrF3NO.ClH/c1-8(2)3-6-12(20)13(19)10-7-9(14(16,17)18)4-5-11(10)15;/h4-5,7-8,12-13,20H,3,6,19H2,1-2H3;1H/t12-,13+;/m0./s1. The SMILES string of the molecule is CC(C)CC[C@H](O)[C@H](N)c1cc(C(F)(F)F)ccc1Br.Cl. The molecule has 0 amide bonds. The summed E-state index contributed by atoms with van der Waals surface area (Å²) in [4.78, 5) is 0. The maximum Gasteiger partial charge on any atom is 0.416 e. The molecule has 0 fully saturated rings. The molecule has 21 heavy (non-hydrogen) atoms. The van der Waals surface area contributed by atoms with Crippen LogP contribution in [-0.2, 0) is 6.18 Å². The van der Waals surface area contributed by atoms with Gasteiger partial charge in [0.05, 0.1) is 17.7 Å². The average Bonchev–Trinajstić information content (AvgIpc) is 2.34. The van der Waals surface area contributed by atoms with Crippen molar-refractivity contribution in [3.05, 3.63) is 33.8 Å². The molecule has 0 radical (unpaired) electrons. The van der Waals surface area contributed by atoms with Gasteiger partial charge in [-0.1, -0.05) is 29.8 Å². The van der Waals surface area contributed by atoms with Gasteiger partial charge in [0.25, 0.3) is 0 Å². The van der Waals surface area contributed by atoms with Crippen LogP contribution in [-0.4, -0.2) is 11.2 Å². The van der Waals surface area contributed by atoms with E-state index in [2.05, 4.69) is 15.9 Å². The largest absolute Gasteiger partial charge is 0.416 e. The predicted molar refractivity (Wildman–Crippen MR) is 83.4 cm³/mol. The number of nitrogens with two attached hydrogens (primary N) is 1. The summed E-state index contributed by atoms with van der Waals surface area (Å²) >= 11 is 3.19. The molecule has 0 aromatic heterocycles. The molecule has 0 saturated carbocycles. The normalized spacial score (nSPS) is 14.7. The third-order valence-electron chi connectivity index (χ3n) is 3.14. The van der Waals surface area contributed by atoms with Crippen LogP contribution in [0, 0.1) is 5.92 Å². The number of hydrogen-bond acceptors (Lipinski definition) is 2. The fourth-order valence-corrected chi connectivity index (χ4v) is 2.38. The van der Waals surface area contributed by atoms with Crippen LogP contribution in [0.5, 0.6) is 0 Å². The fourth-order valence-electron chi connectivity index (χ4n) is 1.87. The van der Waals surface area contributed by atoms with Crippen LogP contribution in [0.4, 0.5) is 13.2 Å². The molecule has 0 aliphatic rings. The molecule has 2 nitrogen and oxygen atoms in total. The van der Waals surface area contributed by atoms with Crippen molar-refractivity contribution in [3.8, 4) is 0 Å². The second-order valence-electron chi connectivity index (χ2n) is 5.30. The Morgan fingerprint density at radius 3 is 2.29 bits per heavy atom. The third kappa shape index (κ3) is 6.14. The van der Waals surface area contributed by atoms with Gasteiger partial charge in [-0.05, 0) is 42.5 Å². The predicted octanol–water partition coefficient (Wildman–Crippen LogP) is 4.69. The lowest BCUT2D eigenvalue weighted by atomic mass is 9.95. The van der Waals surface area contributed by atoms with Crippen molar-refractivity contribution in [1.82, 2.24) is 0 Å². The van der Waals surface area contributed by atoms with Crippen molar-refractivity contribution < 1.29 is 18.3 Å². The topological polar surface area (TPSA) is 46.2 Å². The van der Waals surface area contributed by atoms with E-state index in [0.717, 1.165) is 18.6 Å². The number of benzene rings is 1. The Bertz CT molecular complexity index is 454. The van der Waals surface area contributed by atoms with Gasteiger partial charge in [0.1, 0.15) is 0 Å². The van der Waals surface area contributed by atoms with Gasteiger partial charge in [0.2, 0.25) is 0 Å². The molecule has 0 heterocycles. The van der Waals surface area contributed by atoms with E-state index in [9.17, 15) is 18.3 Å². The minimum absolute atomic E-state index is 0. The van der Waals surface area contributed by atoms with Crippen molar-refractivity contribution >= 4 is 28.3 Å². The molecule has 3 N–H and O–H groups in total. The lowest BCUT2D eigenvalue weighted by molar-refractivity contribution is -0.137. The number of aliphatic hydroxyl groups excluding tert-OH is 1. The van der Waals surface area contributed by atoms with Gasteiger partial charge in [-0.15, -0.1) is 12.4 Å². The summed E-state index contributed by atoms with van der Waals surface area (Å²) in [6.45, 7) is 4.02. The van der Waals surface area contributed by atoms with Gasteiger partial charge < -0.3 is 10.8 Å². The number of hydrogen-bond donors (Lipinski definition) is 2. The van der Waals surface area contributed by atoms with Crippen LogP contribution in [0.2, 0.25) is 0 Å². The Labute approximate surface area is 137 Å². The number of alkyl halides is 3. The molecule has 0 aliphatic carbocycles. The number of halogens is 5. The highest BCUT2D eigenvalue weighted by atomic mass is 79.9. The van der Waals surface area contributed by atoms with E-state index in [1.54, 1.807) is 0 Å². The molecule has 0 saturated heterocycles. The first-order valence-corrected chi connectivity index (χ1v) is 7.22. The molecule has 0 unspecified atom stereocenters. The first-order valence-electron chi connectivity index (χ1n) is 6.43.